The number of carbonyl (C=O) groups excluding carboxylic acids is 3. The molecule has 3 rings (SSSR count). The van der Waals surface area contributed by atoms with Crippen molar-refractivity contribution in [2.45, 2.75) is 32.7 Å². The summed E-state index contributed by atoms with van der Waals surface area (Å²) in [4.78, 5) is 52.2. The lowest BCUT2D eigenvalue weighted by Gasteiger charge is -2.20. The number of aromatic nitrogens is 1. The quantitative estimate of drug-likeness (QED) is 0.402. The number of amides is 4. The zero-order chi connectivity index (χ0) is 22.5. The Kier molecular flexibility index (Phi) is 6.91. The number of rotatable bonds is 8. The predicted octanol–water partition coefficient (Wildman–Crippen LogP) is 1.46. The molecule has 5 N–H and O–H groups in total. The lowest BCUT2D eigenvalue weighted by Crippen LogP contribution is -2.52. The van der Waals surface area contributed by atoms with Crippen LogP contribution in [0.2, 0.25) is 0 Å². The molecule has 1 aliphatic heterocycles. The summed E-state index contributed by atoms with van der Waals surface area (Å²) in [6.45, 7) is 4.14. The summed E-state index contributed by atoms with van der Waals surface area (Å²) in [6.07, 6.45) is -0.456. The Labute approximate surface area is 179 Å². The number of likely N-dealkylation sites (tertiary alicyclic amines) is 1. The van der Waals surface area contributed by atoms with Gasteiger partial charge in [0.05, 0.1) is 5.92 Å². The molecule has 1 aliphatic rings. The molecule has 0 saturated carbocycles. The van der Waals surface area contributed by atoms with Crippen LogP contribution < -0.4 is 16.2 Å². The largest absolute Gasteiger partial charge is 0.465 e. The van der Waals surface area contributed by atoms with Crippen LogP contribution in [-0.2, 0) is 9.59 Å². The number of hydrogen-bond donors (Lipinski definition) is 5. The van der Waals surface area contributed by atoms with Crippen LogP contribution in [0.25, 0.3) is 10.9 Å². The van der Waals surface area contributed by atoms with Crippen molar-refractivity contribution in [3.05, 3.63) is 36.0 Å². The first-order valence-corrected chi connectivity index (χ1v) is 10.2. The predicted molar refractivity (Wildman–Crippen MR) is 113 cm³/mol. The molecule has 1 unspecified atom stereocenters. The Bertz CT molecular complexity index is 952. The van der Waals surface area contributed by atoms with E-state index < -0.39 is 29.9 Å². The van der Waals surface area contributed by atoms with Crippen LogP contribution in [0.1, 0.15) is 37.2 Å². The van der Waals surface area contributed by atoms with Gasteiger partial charge in [-0.1, -0.05) is 32.0 Å². The highest BCUT2D eigenvalue weighted by Gasteiger charge is 2.35. The van der Waals surface area contributed by atoms with Gasteiger partial charge in [-0.05, 0) is 30.9 Å². The second-order valence-corrected chi connectivity index (χ2v) is 8.05. The monoisotopic (exact) mass is 429 g/mol. The molecule has 2 aromatic rings. The first-order chi connectivity index (χ1) is 14.8. The molecular formula is C21H27N5O5. The number of carbonyl (C=O) groups is 4. The Morgan fingerprint density at radius 3 is 2.65 bits per heavy atom. The maximum atomic E-state index is 12.7. The zero-order valence-electron chi connectivity index (χ0n) is 17.5. The van der Waals surface area contributed by atoms with E-state index in [2.05, 4.69) is 21.2 Å². The second-order valence-electron chi connectivity index (χ2n) is 8.05. The van der Waals surface area contributed by atoms with Crippen LogP contribution in [-0.4, -0.2) is 57.9 Å². The number of H-pyrrole nitrogens is 1. The van der Waals surface area contributed by atoms with Crippen LogP contribution >= 0.6 is 0 Å². The lowest BCUT2D eigenvalue weighted by molar-refractivity contribution is -0.130. The van der Waals surface area contributed by atoms with E-state index in [1.165, 1.54) is 0 Å². The summed E-state index contributed by atoms with van der Waals surface area (Å²) in [5, 5.41) is 12.6. The normalized spacial score (nSPS) is 17.2. The molecule has 10 nitrogen and oxygen atoms in total. The summed E-state index contributed by atoms with van der Waals surface area (Å²) in [5.41, 5.74) is 6.43. The topological polar surface area (TPSA) is 144 Å². The number of nitrogens with zero attached hydrogens (tertiary/aromatic N) is 1. The van der Waals surface area contributed by atoms with Gasteiger partial charge in [0.25, 0.3) is 11.8 Å². The van der Waals surface area contributed by atoms with Crippen molar-refractivity contribution < 1.29 is 24.3 Å². The summed E-state index contributed by atoms with van der Waals surface area (Å²) in [6, 6.07) is 8.45. The molecule has 1 aromatic carbocycles. The maximum absolute atomic E-state index is 12.7. The van der Waals surface area contributed by atoms with E-state index in [9.17, 15) is 19.2 Å². The van der Waals surface area contributed by atoms with Crippen LogP contribution in [0.3, 0.4) is 0 Å². The molecule has 0 bridgehead atoms. The van der Waals surface area contributed by atoms with Gasteiger partial charge >= 0.3 is 6.09 Å². The first-order valence-electron chi connectivity index (χ1n) is 10.2. The van der Waals surface area contributed by atoms with Gasteiger partial charge in [0.2, 0.25) is 5.91 Å². The Hall–Kier alpha value is -3.40. The number of hydrazine groups is 1. The fourth-order valence-corrected chi connectivity index (χ4v) is 3.60. The van der Waals surface area contributed by atoms with E-state index in [1.54, 1.807) is 6.07 Å². The van der Waals surface area contributed by atoms with Gasteiger partial charge in [-0.25, -0.2) is 15.1 Å². The van der Waals surface area contributed by atoms with Crippen LogP contribution in [0.4, 0.5) is 4.79 Å². The second kappa shape index (κ2) is 9.61. The SMILES string of the molecule is CC(C)C[C@H](NC(=O)c1cc2ccccc2[nH]1)C(=O)NNCC1CCN(C(=O)O)C1=O. The van der Waals surface area contributed by atoms with Crippen molar-refractivity contribution in [2.24, 2.45) is 11.8 Å². The van der Waals surface area contributed by atoms with Crippen LogP contribution in [0.15, 0.2) is 30.3 Å². The molecule has 1 saturated heterocycles. The molecule has 1 fully saturated rings. The number of nitrogens with one attached hydrogen (secondary N) is 4. The van der Waals surface area contributed by atoms with E-state index in [4.69, 9.17) is 5.11 Å². The van der Waals surface area contributed by atoms with Crippen molar-refractivity contribution in [3.63, 3.8) is 0 Å². The number of benzene rings is 1. The average molecular weight is 429 g/mol. The first kappa shape index (κ1) is 22.3. The van der Waals surface area contributed by atoms with Gasteiger partial charge in [-0.3, -0.25) is 19.8 Å². The Morgan fingerprint density at radius 2 is 2.00 bits per heavy atom. The molecule has 10 heteroatoms. The van der Waals surface area contributed by atoms with E-state index >= 15 is 0 Å². The standard InChI is InChI=1S/C21H27N5O5/c1-12(2)9-16(24-18(27)17-10-13-5-3-4-6-15(13)23-17)19(28)25-22-11-14-7-8-26(20(14)29)21(30)31/h3-6,10,12,14,16,22-23H,7-9,11H2,1-2H3,(H,24,27)(H,25,28)(H,30,31)/t14?,16-/m0/s1. The van der Waals surface area contributed by atoms with Crippen molar-refractivity contribution in [1.82, 2.24) is 26.1 Å². The van der Waals surface area contributed by atoms with Crippen molar-refractivity contribution in [1.29, 1.82) is 0 Å². The van der Waals surface area contributed by atoms with Gasteiger partial charge in [0.15, 0.2) is 0 Å². The number of fused-ring (bicyclic) bond motifs is 1. The summed E-state index contributed by atoms with van der Waals surface area (Å²) in [7, 11) is 0. The Balaban J connectivity index is 1.57. The molecule has 0 radical (unpaired) electrons. The van der Waals surface area contributed by atoms with Crippen molar-refractivity contribution in [2.75, 3.05) is 13.1 Å². The molecule has 1 aromatic heterocycles. The van der Waals surface area contributed by atoms with E-state index in [1.807, 2.05) is 38.1 Å². The minimum atomic E-state index is -1.27. The van der Waals surface area contributed by atoms with E-state index in [0.717, 1.165) is 15.8 Å². The summed E-state index contributed by atoms with van der Waals surface area (Å²) in [5.74, 6) is -1.68. The van der Waals surface area contributed by atoms with Gasteiger partial charge in [-0.2, -0.15) is 0 Å². The third kappa shape index (κ3) is 5.40. The molecule has 2 heterocycles. The van der Waals surface area contributed by atoms with Gasteiger partial charge in [-0.15, -0.1) is 0 Å². The van der Waals surface area contributed by atoms with Crippen molar-refractivity contribution in [3.8, 4) is 0 Å². The fourth-order valence-electron chi connectivity index (χ4n) is 3.60. The molecule has 31 heavy (non-hydrogen) atoms. The van der Waals surface area contributed by atoms with E-state index in [-0.39, 0.29) is 24.9 Å². The van der Waals surface area contributed by atoms with Gasteiger partial charge in [0.1, 0.15) is 11.7 Å². The highest BCUT2D eigenvalue weighted by Crippen LogP contribution is 2.17. The minimum absolute atomic E-state index is 0.110. The highest BCUT2D eigenvalue weighted by molar-refractivity contribution is 6.00. The number of imide groups is 1. The lowest BCUT2D eigenvalue weighted by atomic mass is 10.0. The van der Waals surface area contributed by atoms with Gasteiger partial charge in [0, 0.05) is 24.0 Å². The van der Waals surface area contributed by atoms with Crippen molar-refractivity contribution >= 4 is 34.7 Å². The summed E-state index contributed by atoms with van der Waals surface area (Å²) >= 11 is 0. The highest BCUT2D eigenvalue weighted by atomic mass is 16.4. The number of carboxylic acid groups (broad SMARTS) is 1. The Morgan fingerprint density at radius 1 is 1.26 bits per heavy atom. The molecule has 2 atom stereocenters. The fraction of sp³-hybridized carbons (Fsp3) is 0.429. The third-order valence-corrected chi connectivity index (χ3v) is 5.21. The number of hydrogen-bond acceptors (Lipinski definition) is 5. The maximum Gasteiger partial charge on any atom is 0.414 e. The third-order valence-electron chi connectivity index (χ3n) is 5.21. The zero-order valence-corrected chi connectivity index (χ0v) is 17.5. The van der Waals surface area contributed by atoms with Crippen LogP contribution in [0.5, 0.6) is 0 Å². The molecule has 0 spiro atoms. The molecule has 0 aliphatic carbocycles. The molecule has 166 valence electrons. The summed E-state index contributed by atoms with van der Waals surface area (Å²) < 4.78 is 0. The molecular weight excluding hydrogens is 402 g/mol. The van der Waals surface area contributed by atoms with Crippen LogP contribution in [0, 0.1) is 11.8 Å². The average Bonchev–Trinajstić information content (AvgIpc) is 3.31. The number of para-hydroxylation sites is 1. The number of aromatic amines is 1. The smallest absolute Gasteiger partial charge is 0.414 e. The van der Waals surface area contributed by atoms with Gasteiger partial charge < -0.3 is 15.4 Å². The van der Waals surface area contributed by atoms with E-state index in [0.29, 0.717) is 18.5 Å². The minimum Gasteiger partial charge on any atom is -0.465 e. The molecule has 4 amide bonds.